The molecule has 0 aliphatic carbocycles. The van der Waals surface area contributed by atoms with Crippen molar-refractivity contribution in [2.24, 2.45) is 0 Å². The predicted octanol–water partition coefficient (Wildman–Crippen LogP) is 2.66. The van der Waals surface area contributed by atoms with E-state index in [4.69, 9.17) is 9.47 Å². The van der Waals surface area contributed by atoms with Crippen LogP contribution in [0.4, 0.5) is 0 Å². The highest BCUT2D eigenvalue weighted by Gasteiger charge is 2.13. The standard InChI is InChI=1S/C15H16N2O2/c1-11(13-3-2-6-16-9-13)17-8-12-4-5-14-15(7-12)19-10-18-14/h2-7,9,11,17H,8,10H2,1H3/t11-/m1/s1. The van der Waals surface area contributed by atoms with Crippen LogP contribution in [0.25, 0.3) is 0 Å². The first-order valence-electron chi connectivity index (χ1n) is 6.35. The van der Waals surface area contributed by atoms with Crippen LogP contribution in [-0.2, 0) is 6.54 Å². The first-order valence-corrected chi connectivity index (χ1v) is 6.35. The smallest absolute Gasteiger partial charge is 0.231 e. The molecule has 0 bridgehead atoms. The summed E-state index contributed by atoms with van der Waals surface area (Å²) in [6, 6.07) is 10.3. The first-order chi connectivity index (χ1) is 9.33. The van der Waals surface area contributed by atoms with Crippen molar-refractivity contribution in [2.75, 3.05) is 6.79 Å². The average Bonchev–Trinajstić information content (AvgIpc) is 2.93. The number of hydrogen-bond acceptors (Lipinski definition) is 4. The summed E-state index contributed by atoms with van der Waals surface area (Å²) in [6.45, 7) is 3.23. The van der Waals surface area contributed by atoms with Crippen LogP contribution >= 0.6 is 0 Å². The average molecular weight is 256 g/mol. The molecule has 3 rings (SSSR count). The Labute approximate surface area is 112 Å². The van der Waals surface area contributed by atoms with Gasteiger partial charge in [-0.3, -0.25) is 4.98 Å². The van der Waals surface area contributed by atoms with Crippen LogP contribution in [0.15, 0.2) is 42.7 Å². The molecule has 0 amide bonds. The van der Waals surface area contributed by atoms with Crippen molar-refractivity contribution in [3.63, 3.8) is 0 Å². The number of fused-ring (bicyclic) bond motifs is 1. The number of ether oxygens (including phenoxy) is 2. The third kappa shape index (κ3) is 2.69. The lowest BCUT2D eigenvalue weighted by Gasteiger charge is -2.14. The molecule has 19 heavy (non-hydrogen) atoms. The summed E-state index contributed by atoms with van der Waals surface area (Å²) in [4.78, 5) is 4.13. The van der Waals surface area contributed by atoms with Crippen molar-refractivity contribution >= 4 is 0 Å². The zero-order valence-corrected chi connectivity index (χ0v) is 10.8. The minimum absolute atomic E-state index is 0.263. The molecule has 1 atom stereocenters. The molecule has 1 aliphatic heterocycles. The van der Waals surface area contributed by atoms with E-state index in [0.29, 0.717) is 6.79 Å². The molecule has 1 N–H and O–H groups in total. The number of pyridine rings is 1. The Kier molecular flexibility index (Phi) is 3.33. The zero-order chi connectivity index (χ0) is 13.1. The fourth-order valence-corrected chi connectivity index (χ4v) is 2.07. The molecule has 2 heterocycles. The van der Waals surface area contributed by atoms with Crippen molar-refractivity contribution in [1.29, 1.82) is 0 Å². The molecule has 0 unspecified atom stereocenters. The van der Waals surface area contributed by atoms with Gasteiger partial charge in [-0.1, -0.05) is 12.1 Å². The highest BCUT2D eigenvalue weighted by Crippen LogP contribution is 2.32. The van der Waals surface area contributed by atoms with Gasteiger partial charge >= 0.3 is 0 Å². The molecule has 1 aliphatic rings. The molecule has 0 fully saturated rings. The van der Waals surface area contributed by atoms with Crippen LogP contribution in [0, 0.1) is 0 Å². The maximum Gasteiger partial charge on any atom is 0.231 e. The largest absolute Gasteiger partial charge is 0.454 e. The van der Waals surface area contributed by atoms with Gasteiger partial charge in [0.25, 0.3) is 0 Å². The Morgan fingerprint density at radius 1 is 1.26 bits per heavy atom. The molecular weight excluding hydrogens is 240 g/mol. The highest BCUT2D eigenvalue weighted by atomic mass is 16.7. The molecule has 4 nitrogen and oxygen atoms in total. The second-order valence-corrected chi connectivity index (χ2v) is 4.58. The van der Waals surface area contributed by atoms with Crippen molar-refractivity contribution < 1.29 is 9.47 Å². The van der Waals surface area contributed by atoms with E-state index in [1.54, 1.807) is 6.20 Å². The summed E-state index contributed by atoms with van der Waals surface area (Å²) in [5.41, 5.74) is 2.36. The topological polar surface area (TPSA) is 43.4 Å². The van der Waals surface area contributed by atoms with Gasteiger partial charge < -0.3 is 14.8 Å². The van der Waals surface area contributed by atoms with Gasteiger partial charge in [-0.15, -0.1) is 0 Å². The van der Waals surface area contributed by atoms with E-state index in [1.807, 2.05) is 24.4 Å². The Morgan fingerprint density at radius 2 is 2.16 bits per heavy atom. The number of rotatable bonds is 4. The normalized spacial score (nSPS) is 14.4. The number of nitrogens with one attached hydrogen (secondary N) is 1. The molecular formula is C15H16N2O2. The summed E-state index contributed by atoms with van der Waals surface area (Å²) >= 11 is 0. The van der Waals surface area contributed by atoms with Gasteiger partial charge in [-0.2, -0.15) is 0 Å². The van der Waals surface area contributed by atoms with Gasteiger partial charge in [0, 0.05) is 25.0 Å². The monoisotopic (exact) mass is 256 g/mol. The Bertz CT molecular complexity index is 557. The molecule has 1 aromatic heterocycles. The number of aromatic nitrogens is 1. The molecule has 98 valence electrons. The van der Waals surface area contributed by atoms with E-state index in [1.165, 1.54) is 11.1 Å². The highest BCUT2D eigenvalue weighted by molar-refractivity contribution is 5.44. The van der Waals surface area contributed by atoms with Gasteiger partial charge in [0.1, 0.15) is 0 Å². The Morgan fingerprint density at radius 3 is 3.00 bits per heavy atom. The third-order valence-corrected chi connectivity index (χ3v) is 3.23. The van der Waals surface area contributed by atoms with Crippen LogP contribution < -0.4 is 14.8 Å². The maximum absolute atomic E-state index is 5.37. The molecule has 0 spiro atoms. The van der Waals surface area contributed by atoms with E-state index in [-0.39, 0.29) is 6.04 Å². The fourth-order valence-electron chi connectivity index (χ4n) is 2.07. The predicted molar refractivity (Wildman–Crippen MR) is 72.1 cm³/mol. The van der Waals surface area contributed by atoms with Crippen molar-refractivity contribution in [2.45, 2.75) is 19.5 Å². The van der Waals surface area contributed by atoms with Gasteiger partial charge in [-0.25, -0.2) is 0 Å². The van der Waals surface area contributed by atoms with Gasteiger partial charge in [-0.05, 0) is 36.2 Å². The molecule has 0 radical (unpaired) electrons. The second kappa shape index (κ2) is 5.28. The van der Waals surface area contributed by atoms with Crippen molar-refractivity contribution in [1.82, 2.24) is 10.3 Å². The lowest BCUT2D eigenvalue weighted by atomic mass is 10.1. The Hall–Kier alpha value is -2.07. The lowest BCUT2D eigenvalue weighted by Crippen LogP contribution is -2.18. The molecule has 2 aromatic rings. The maximum atomic E-state index is 5.37. The van der Waals surface area contributed by atoms with Crippen molar-refractivity contribution in [3.05, 3.63) is 53.9 Å². The fraction of sp³-hybridized carbons (Fsp3) is 0.267. The quantitative estimate of drug-likeness (QED) is 0.913. The molecule has 4 heteroatoms. The van der Waals surface area contributed by atoms with E-state index in [9.17, 15) is 0 Å². The van der Waals surface area contributed by atoms with Crippen LogP contribution in [0.1, 0.15) is 24.1 Å². The van der Waals surface area contributed by atoms with Crippen LogP contribution in [0.2, 0.25) is 0 Å². The minimum Gasteiger partial charge on any atom is -0.454 e. The van der Waals surface area contributed by atoms with Crippen LogP contribution in [0.3, 0.4) is 0 Å². The number of benzene rings is 1. The van der Waals surface area contributed by atoms with Gasteiger partial charge in [0.15, 0.2) is 11.5 Å². The van der Waals surface area contributed by atoms with E-state index >= 15 is 0 Å². The third-order valence-electron chi connectivity index (χ3n) is 3.23. The number of hydrogen-bond donors (Lipinski definition) is 1. The van der Waals surface area contributed by atoms with E-state index in [0.717, 1.165) is 18.0 Å². The molecule has 0 saturated heterocycles. The summed E-state index contributed by atoms with van der Waals surface area (Å²) in [5, 5.41) is 3.47. The summed E-state index contributed by atoms with van der Waals surface area (Å²) < 4.78 is 10.7. The van der Waals surface area contributed by atoms with E-state index in [2.05, 4.69) is 29.4 Å². The van der Waals surface area contributed by atoms with Crippen LogP contribution in [-0.4, -0.2) is 11.8 Å². The lowest BCUT2D eigenvalue weighted by molar-refractivity contribution is 0.174. The molecule has 1 aromatic carbocycles. The molecule has 0 saturated carbocycles. The summed E-state index contributed by atoms with van der Waals surface area (Å²) in [5.74, 6) is 1.65. The van der Waals surface area contributed by atoms with Gasteiger partial charge in [0.05, 0.1) is 0 Å². The number of nitrogens with zero attached hydrogens (tertiary/aromatic N) is 1. The minimum atomic E-state index is 0.263. The zero-order valence-electron chi connectivity index (χ0n) is 10.8. The van der Waals surface area contributed by atoms with Crippen molar-refractivity contribution in [3.8, 4) is 11.5 Å². The second-order valence-electron chi connectivity index (χ2n) is 4.58. The first kappa shape index (κ1) is 12.0. The Balaban J connectivity index is 1.63. The van der Waals surface area contributed by atoms with Crippen LogP contribution in [0.5, 0.6) is 11.5 Å². The van der Waals surface area contributed by atoms with Gasteiger partial charge in [0.2, 0.25) is 6.79 Å². The summed E-state index contributed by atoms with van der Waals surface area (Å²) in [7, 11) is 0. The van der Waals surface area contributed by atoms with E-state index < -0.39 is 0 Å². The SMILES string of the molecule is C[C@@H](NCc1ccc2c(c1)OCO2)c1cccnc1. The summed E-state index contributed by atoms with van der Waals surface area (Å²) in [6.07, 6.45) is 3.67.